The zero-order chi connectivity index (χ0) is 22.8. The maximum Gasteiger partial charge on any atom is 0.223 e. The number of benzene rings is 1. The van der Waals surface area contributed by atoms with Crippen LogP contribution in [0.1, 0.15) is 50.5 Å². The van der Waals surface area contributed by atoms with Crippen molar-refractivity contribution in [3.8, 4) is 11.5 Å². The first kappa shape index (κ1) is 24.3. The number of methoxy groups -OCH3 is 2. The molecule has 3 rings (SSSR count). The Morgan fingerprint density at radius 3 is 2.75 bits per heavy atom. The van der Waals surface area contributed by atoms with Gasteiger partial charge in [-0.25, -0.2) is 0 Å². The molecule has 2 fully saturated rings. The Balaban J connectivity index is 1.37. The first-order valence-corrected chi connectivity index (χ1v) is 11.7. The second-order valence-electron chi connectivity index (χ2n) is 8.56. The van der Waals surface area contributed by atoms with Crippen molar-refractivity contribution in [2.75, 3.05) is 47.0 Å². The first-order chi connectivity index (χ1) is 15.6. The van der Waals surface area contributed by atoms with Crippen LogP contribution in [0.4, 0.5) is 0 Å². The SMILES string of the molecule is COc1ccc(CNC(=O)CCC2CCCN(C(=O)CCN3CCCCO3)C2)c(OC)c1. The van der Waals surface area contributed by atoms with Gasteiger partial charge in [-0.2, -0.15) is 5.06 Å². The van der Waals surface area contributed by atoms with E-state index in [1.165, 1.54) is 0 Å². The quantitative estimate of drug-likeness (QED) is 0.594. The van der Waals surface area contributed by atoms with Crippen molar-refractivity contribution in [2.24, 2.45) is 5.92 Å². The zero-order valence-electron chi connectivity index (χ0n) is 19.4. The summed E-state index contributed by atoms with van der Waals surface area (Å²) in [7, 11) is 3.22. The van der Waals surface area contributed by atoms with Crippen LogP contribution in [0, 0.1) is 5.92 Å². The van der Waals surface area contributed by atoms with E-state index in [2.05, 4.69) is 5.32 Å². The van der Waals surface area contributed by atoms with Gasteiger partial charge in [0.25, 0.3) is 0 Å². The molecule has 0 aliphatic carbocycles. The average Bonchev–Trinajstić information content (AvgIpc) is 2.85. The number of hydrogen-bond acceptors (Lipinski definition) is 6. The molecular weight excluding hydrogens is 410 g/mol. The highest BCUT2D eigenvalue weighted by Gasteiger charge is 2.24. The van der Waals surface area contributed by atoms with Crippen LogP contribution in [0.2, 0.25) is 0 Å². The molecule has 2 saturated heterocycles. The van der Waals surface area contributed by atoms with Gasteiger partial charge in [-0.15, -0.1) is 0 Å². The number of nitrogens with zero attached hydrogens (tertiary/aromatic N) is 2. The fraction of sp³-hybridized carbons (Fsp3) is 0.667. The van der Waals surface area contributed by atoms with Gasteiger partial charge < -0.3 is 19.7 Å². The Bertz CT molecular complexity index is 751. The van der Waals surface area contributed by atoms with E-state index in [4.69, 9.17) is 14.3 Å². The molecule has 8 nitrogen and oxygen atoms in total. The van der Waals surface area contributed by atoms with Crippen molar-refractivity contribution in [3.63, 3.8) is 0 Å². The summed E-state index contributed by atoms with van der Waals surface area (Å²) in [4.78, 5) is 32.6. The van der Waals surface area contributed by atoms with E-state index >= 15 is 0 Å². The maximum atomic E-state index is 12.6. The Kier molecular flexibility index (Phi) is 9.62. The molecule has 1 aromatic rings. The van der Waals surface area contributed by atoms with E-state index in [0.29, 0.717) is 37.6 Å². The molecule has 0 aromatic heterocycles. The lowest BCUT2D eigenvalue weighted by Gasteiger charge is -2.33. The molecular formula is C24H37N3O5. The Labute approximate surface area is 191 Å². The van der Waals surface area contributed by atoms with E-state index in [-0.39, 0.29) is 11.8 Å². The highest BCUT2D eigenvalue weighted by molar-refractivity contribution is 5.77. The third-order valence-electron chi connectivity index (χ3n) is 6.27. The maximum absolute atomic E-state index is 12.6. The summed E-state index contributed by atoms with van der Waals surface area (Å²) in [6.45, 7) is 4.32. The number of hydroxylamine groups is 2. The number of rotatable bonds is 10. The largest absolute Gasteiger partial charge is 0.497 e. The van der Waals surface area contributed by atoms with Gasteiger partial charge in [0.05, 0.1) is 20.8 Å². The van der Waals surface area contributed by atoms with Gasteiger partial charge in [0.2, 0.25) is 11.8 Å². The van der Waals surface area contributed by atoms with Gasteiger partial charge in [0, 0.05) is 57.2 Å². The highest BCUT2D eigenvalue weighted by atomic mass is 16.7. The number of carbonyl (C=O) groups excluding carboxylic acids is 2. The molecule has 0 saturated carbocycles. The van der Waals surface area contributed by atoms with E-state index in [1.807, 2.05) is 28.2 Å². The predicted octanol–water partition coefficient (Wildman–Crippen LogP) is 2.76. The van der Waals surface area contributed by atoms with E-state index in [9.17, 15) is 9.59 Å². The molecule has 2 aliphatic rings. The second-order valence-corrected chi connectivity index (χ2v) is 8.56. The zero-order valence-corrected chi connectivity index (χ0v) is 19.4. The smallest absolute Gasteiger partial charge is 0.223 e. The Morgan fingerprint density at radius 2 is 2.00 bits per heavy atom. The van der Waals surface area contributed by atoms with Crippen LogP contribution in [-0.2, 0) is 21.0 Å². The monoisotopic (exact) mass is 447 g/mol. The van der Waals surface area contributed by atoms with E-state index in [0.717, 1.165) is 69.7 Å². The lowest BCUT2D eigenvalue weighted by atomic mass is 9.93. The molecule has 2 amide bonds. The summed E-state index contributed by atoms with van der Waals surface area (Å²) in [5.74, 6) is 2.01. The molecule has 0 radical (unpaired) electrons. The van der Waals surface area contributed by atoms with Gasteiger partial charge in [-0.05, 0) is 50.2 Å². The minimum atomic E-state index is 0.0218. The molecule has 0 spiro atoms. The molecule has 1 aromatic carbocycles. The minimum absolute atomic E-state index is 0.0218. The van der Waals surface area contributed by atoms with Crippen molar-refractivity contribution in [1.82, 2.24) is 15.3 Å². The van der Waals surface area contributed by atoms with Crippen LogP contribution < -0.4 is 14.8 Å². The summed E-state index contributed by atoms with van der Waals surface area (Å²) in [5.41, 5.74) is 0.911. The molecule has 32 heavy (non-hydrogen) atoms. The molecule has 1 unspecified atom stereocenters. The topological polar surface area (TPSA) is 80.3 Å². The molecule has 2 aliphatic heterocycles. The normalized spacial score (nSPS) is 19.4. The van der Waals surface area contributed by atoms with Crippen LogP contribution in [-0.4, -0.2) is 68.8 Å². The van der Waals surface area contributed by atoms with Gasteiger partial charge in [0.15, 0.2) is 0 Å². The predicted molar refractivity (Wildman–Crippen MR) is 121 cm³/mol. The molecule has 178 valence electrons. The number of amides is 2. The number of likely N-dealkylation sites (tertiary alicyclic amines) is 1. The van der Waals surface area contributed by atoms with Gasteiger partial charge in [-0.1, -0.05) is 0 Å². The van der Waals surface area contributed by atoms with Crippen LogP contribution in [0.3, 0.4) is 0 Å². The molecule has 8 heteroatoms. The third kappa shape index (κ3) is 7.38. The van der Waals surface area contributed by atoms with Crippen LogP contribution >= 0.6 is 0 Å². The number of carbonyl (C=O) groups is 2. The summed E-state index contributed by atoms with van der Waals surface area (Å²) in [5, 5.41) is 4.90. The van der Waals surface area contributed by atoms with Crippen molar-refractivity contribution < 1.29 is 23.9 Å². The third-order valence-corrected chi connectivity index (χ3v) is 6.27. The molecule has 1 N–H and O–H groups in total. The standard InChI is InChI=1S/C24H37N3O5/c1-30-21-9-8-20(22(16-21)31-2)17-25-23(28)10-7-19-6-5-12-26(18-19)24(29)11-14-27-13-3-4-15-32-27/h8-9,16,19H,3-7,10-15,17-18H2,1-2H3,(H,25,28). The highest BCUT2D eigenvalue weighted by Crippen LogP contribution is 2.25. The van der Waals surface area contributed by atoms with Gasteiger partial charge in [-0.3, -0.25) is 14.4 Å². The van der Waals surface area contributed by atoms with Crippen molar-refractivity contribution in [2.45, 2.75) is 51.5 Å². The lowest BCUT2D eigenvalue weighted by Crippen LogP contribution is -2.42. The number of ether oxygens (including phenoxy) is 2. The lowest BCUT2D eigenvalue weighted by molar-refractivity contribution is -0.182. The fourth-order valence-corrected chi connectivity index (χ4v) is 4.35. The second kappa shape index (κ2) is 12.6. The summed E-state index contributed by atoms with van der Waals surface area (Å²) in [6.07, 6.45) is 6.06. The van der Waals surface area contributed by atoms with E-state index < -0.39 is 0 Å². The van der Waals surface area contributed by atoms with Crippen molar-refractivity contribution >= 4 is 11.8 Å². The average molecular weight is 448 g/mol. The Morgan fingerprint density at radius 1 is 1.12 bits per heavy atom. The van der Waals surface area contributed by atoms with Crippen LogP contribution in [0.5, 0.6) is 11.5 Å². The van der Waals surface area contributed by atoms with Gasteiger partial charge in [0.1, 0.15) is 11.5 Å². The first-order valence-electron chi connectivity index (χ1n) is 11.7. The summed E-state index contributed by atoms with van der Waals surface area (Å²) < 4.78 is 10.6. The molecule has 1 atom stereocenters. The van der Waals surface area contributed by atoms with Crippen LogP contribution in [0.25, 0.3) is 0 Å². The minimum Gasteiger partial charge on any atom is -0.497 e. The summed E-state index contributed by atoms with van der Waals surface area (Å²) >= 11 is 0. The Hall–Kier alpha value is -2.32. The molecule has 2 heterocycles. The fourth-order valence-electron chi connectivity index (χ4n) is 4.35. The number of nitrogens with one attached hydrogen (secondary N) is 1. The van der Waals surface area contributed by atoms with Gasteiger partial charge >= 0.3 is 0 Å². The van der Waals surface area contributed by atoms with Crippen LogP contribution in [0.15, 0.2) is 18.2 Å². The van der Waals surface area contributed by atoms with E-state index in [1.54, 1.807) is 14.2 Å². The van der Waals surface area contributed by atoms with Crippen molar-refractivity contribution in [3.05, 3.63) is 23.8 Å². The number of piperidine rings is 1. The number of hydrogen-bond donors (Lipinski definition) is 1. The van der Waals surface area contributed by atoms with Crippen molar-refractivity contribution in [1.29, 1.82) is 0 Å². The summed E-state index contributed by atoms with van der Waals surface area (Å²) in [6, 6.07) is 5.57. The molecule has 0 bridgehead atoms.